The van der Waals surface area contributed by atoms with Crippen molar-refractivity contribution in [2.24, 2.45) is 5.41 Å². The van der Waals surface area contributed by atoms with Gasteiger partial charge in [0.05, 0.1) is 6.54 Å². The van der Waals surface area contributed by atoms with Crippen LogP contribution in [0.1, 0.15) is 91.4 Å². The molecule has 0 rings (SSSR count). The third kappa shape index (κ3) is 19.6. The molecular formula is C22H42N2O2S. The first-order chi connectivity index (χ1) is 12.7. The van der Waals surface area contributed by atoms with Gasteiger partial charge in [-0.05, 0) is 43.1 Å². The van der Waals surface area contributed by atoms with E-state index >= 15 is 0 Å². The van der Waals surface area contributed by atoms with Gasteiger partial charge >= 0.3 is 0 Å². The van der Waals surface area contributed by atoms with E-state index in [1.807, 2.05) is 11.8 Å². The predicted molar refractivity (Wildman–Crippen MR) is 119 cm³/mol. The Labute approximate surface area is 171 Å². The van der Waals surface area contributed by atoms with Crippen molar-refractivity contribution in [3.63, 3.8) is 0 Å². The molecule has 0 bridgehead atoms. The second-order valence-electron chi connectivity index (χ2n) is 8.56. The number of thioether (sulfide) groups is 1. The SMILES string of the molecule is C=C(CNC(=O)CCCCCCC(C)(C)C)NC(=O)CCCCCCSC. The van der Waals surface area contributed by atoms with Gasteiger partial charge in [0.25, 0.3) is 0 Å². The second kappa shape index (κ2) is 16.0. The predicted octanol–water partition coefficient (Wildman–Crippen LogP) is 5.43. The lowest BCUT2D eigenvalue weighted by Gasteiger charge is -2.17. The first-order valence-electron chi connectivity index (χ1n) is 10.5. The van der Waals surface area contributed by atoms with Crippen molar-refractivity contribution in [2.75, 3.05) is 18.6 Å². The number of hydrogen-bond donors (Lipinski definition) is 2. The van der Waals surface area contributed by atoms with E-state index in [0.717, 1.165) is 25.7 Å². The molecule has 0 aliphatic rings. The monoisotopic (exact) mass is 398 g/mol. The van der Waals surface area contributed by atoms with Gasteiger partial charge in [-0.3, -0.25) is 9.59 Å². The molecule has 0 atom stereocenters. The molecule has 5 heteroatoms. The zero-order valence-corrected chi connectivity index (χ0v) is 18.9. The Hall–Kier alpha value is -0.970. The minimum Gasteiger partial charge on any atom is -0.351 e. The summed E-state index contributed by atoms with van der Waals surface area (Å²) in [6, 6.07) is 0. The van der Waals surface area contributed by atoms with Crippen LogP contribution in [0.15, 0.2) is 12.3 Å². The van der Waals surface area contributed by atoms with E-state index in [2.05, 4.69) is 44.2 Å². The Morgan fingerprint density at radius 2 is 1.41 bits per heavy atom. The van der Waals surface area contributed by atoms with Gasteiger partial charge in [-0.25, -0.2) is 0 Å². The molecule has 0 aromatic carbocycles. The van der Waals surface area contributed by atoms with Crippen molar-refractivity contribution in [1.29, 1.82) is 0 Å². The molecule has 4 nitrogen and oxygen atoms in total. The van der Waals surface area contributed by atoms with Crippen molar-refractivity contribution in [3.05, 3.63) is 12.3 Å². The van der Waals surface area contributed by atoms with Crippen LogP contribution in [-0.2, 0) is 9.59 Å². The van der Waals surface area contributed by atoms with Crippen LogP contribution in [0.2, 0.25) is 0 Å². The Balaban J connectivity index is 3.59. The van der Waals surface area contributed by atoms with Crippen LogP contribution in [0.25, 0.3) is 0 Å². The quantitative estimate of drug-likeness (QED) is 0.341. The van der Waals surface area contributed by atoms with Crippen LogP contribution in [0.4, 0.5) is 0 Å². The third-order valence-corrected chi connectivity index (χ3v) is 5.09. The van der Waals surface area contributed by atoms with Crippen molar-refractivity contribution in [3.8, 4) is 0 Å². The number of unbranched alkanes of at least 4 members (excludes halogenated alkanes) is 6. The van der Waals surface area contributed by atoms with E-state index in [9.17, 15) is 9.59 Å². The summed E-state index contributed by atoms with van der Waals surface area (Å²) in [5.74, 6) is 1.23. The lowest BCUT2D eigenvalue weighted by atomic mass is 9.89. The maximum absolute atomic E-state index is 11.9. The van der Waals surface area contributed by atoms with Crippen LogP contribution in [0.3, 0.4) is 0 Å². The molecule has 0 heterocycles. The fourth-order valence-corrected chi connectivity index (χ4v) is 3.27. The molecule has 158 valence electrons. The number of carbonyl (C=O) groups is 2. The van der Waals surface area contributed by atoms with Gasteiger partial charge in [-0.15, -0.1) is 0 Å². The molecule has 0 fully saturated rings. The van der Waals surface area contributed by atoms with Crippen molar-refractivity contribution in [1.82, 2.24) is 10.6 Å². The van der Waals surface area contributed by atoms with Crippen LogP contribution in [0, 0.1) is 5.41 Å². The third-order valence-electron chi connectivity index (χ3n) is 4.40. The van der Waals surface area contributed by atoms with E-state index in [-0.39, 0.29) is 11.8 Å². The number of hydrogen-bond acceptors (Lipinski definition) is 3. The smallest absolute Gasteiger partial charge is 0.224 e. The maximum atomic E-state index is 11.9. The molecule has 0 aromatic rings. The van der Waals surface area contributed by atoms with Crippen molar-refractivity contribution < 1.29 is 9.59 Å². The van der Waals surface area contributed by atoms with Gasteiger partial charge in [-0.2, -0.15) is 11.8 Å². The molecule has 0 unspecified atom stereocenters. The fraction of sp³-hybridized carbons (Fsp3) is 0.818. The molecule has 0 aliphatic carbocycles. The Morgan fingerprint density at radius 1 is 0.852 bits per heavy atom. The molecule has 2 N–H and O–H groups in total. The van der Waals surface area contributed by atoms with E-state index in [1.54, 1.807) is 0 Å². The summed E-state index contributed by atoms with van der Waals surface area (Å²) in [6.45, 7) is 10.9. The average Bonchev–Trinajstić information content (AvgIpc) is 2.58. The topological polar surface area (TPSA) is 58.2 Å². The number of amides is 2. The van der Waals surface area contributed by atoms with Gasteiger partial charge in [-0.1, -0.05) is 59.5 Å². The lowest BCUT2D eigenvalue weighted by Crippen LogP contribution is -2.32. The summed E-state index contributed by atoms with van der Waals surface area (Å²) < 4.78 is 0. The average molecular weight is 399 g/mol. The van der Waals surface area contributed by atoms with Crippen LogP contribution < -0.4 is 10.6 Å². The normalized spacial score (nSPS) is 11.3. The van der Waals surface area contributed by atoms with Gasteiger partial charge in [0.2, 0.25) is 11.8 Å². The summed E-state index contributed by atoms with van der Waals surface area (Å²) in [4.78, 5) is 23.7. The first-order valence-corrected chi connectivity index (χ1v) is 11.9. The minimum atomic E-state index is -0.00189. The van der Waals surface area contributed by atoms with Gasteiger partial charge < -0.3 is 10.6 Å². The summed E-state index contributed by atoms with van der Waals surface area (Å²) in [7, 11) is 0. The zero-order chi connectivity index (χ0) is 20.5. The molecule has 27 heavy (non-hydrogen) atoms. The summed E-state index contributed by atoms with van der Waals surface area (Å²) in [5, 5.41) is 5.62. The van der Waals surface area contributed by atoms with E-state index in [4.69, 9.17) is 0 Å². The number of nitrogens with one attached hydrogen (secondary N) is 2. The summed E-state index contributed by atoms with van der Waals surface area (Å²) in [6.07, 6.45) is 13.3. The second-order valence-corrected chi connectivity index (χ2v) is 9.55. The van der Waals surface area contributed by atoms with Crippen LogP contribution in [0.5, 0.6) is 0 Å². The highest BCUT2D eigenvalue weighted by Crippen LogP contribution is 2.22. The molecule has 0 aromatic heterocycles. The first kappa shape index (κ1) is 26.0. The highest BCUT2D eigenvalue weighted by molar-refractivity contribution is 7.98. The Kier molecular flexibility index (Phi) is 15.5. The standard InChI is InChI=1S/C22H42N2O2S/c1-19(24-21(26)15-11-7-9-13-17-27-5)18-23-20(25)14-10-6-8-12-16-22(2,3)4/h1,6-18H2,2-5H3,(H,23,25)(H,24,26). The Morgan fingerprint density at radius 3 is 2.00 bits per heavy atom. The maximum Gasteiger partial charge on any atom is 0.224 e. The van der Waals surface area contributed by atoms with E-state index in [1.165, 1.54) is 37.9 Å². The minimum absolute atomic E-state index is 0.00189. The molecule has 0 aliphatic heterocycles. The zero-order valence-electron chi connectivity index (χ0n) is 18.1. The highest BCUT2D eigenvalue weighted by atomic mass is 32.2. The largest absolute Gasteiger partial charge is 0.351 e. The molecule has 0 saturated carbocycles. The van der Waals surface area contributed by atoms with Gasteiger partial charge in [0, 0.05) is 18.5 Å². The van der Waals surface area contributed by atoms with E-state index < -0.39 is 0 Å². The Bertz CT molecular complexity index is 431. The van der Waals surface area contributed by atoms with Crippen molar-refractivity contribution >= 4 is 23.6 Å². The lowest BCUT2D eigenvalue weighted by molar-refractivity contribution is -0.122. The summed E-state index contributed by atoms with van der Waals surface area (Å²) in [5.41, 5.74) is 0.969. The fourth-order valence-electron chi connectivity index (χ4n) is 2.78. The van der Waals surface area contributed by atoms with Gasteiger partial charge in [0.1, 0.15) is 0 Å². The summed E-state index contributed by atoms with van der Waals surface area (Å²) >= 11 is 1.87. The number of carbonyl (C=O) groups excluding carboxylic acids is 2. The molecule has 2 amide bonds. The number of rotatable bonds is 16. The van der Waals surface area contributed by atoms with Crippen LogP contribution in [-0.4, -0.2) is 30.4 Å². The molecule has 0 spiro atoms. The van der Waals surface area contributed by atoms with E-state index in [0.29, 0.717) is 30.5 Å². The molecule has 0 radical (unpaired) electrons. The molecule has 0 saturated heterocycles. The van der Waals surface area contributed by atoms with Crippen LogP contribution >= 0.6 is 11.8 Å². The highest BCUT2D eigenvalue weighted by Gasteiger charge is 2.09. The van der Waals surface area contributed by atoms with Gasteiger partial charge in [0.15, 0.2) is 0 Å². The van der Waals surface area contributed by atoms with Crippen molar-refractivity contribution in [2.45, 2.75) is 91.4 Å². The molecular weight excluding hydrogens is 356 g/mol.